The van der Waals surface area contributed by atoms with E-state index >= 15 is 0 Å². The number of piperidine rings is 1. The lowest BCUT2D eigenvalue weighted by Crippen LogP contribution is -2.56. The first-order valence-corrected chi connectivity index (χ1v) is 9.45. The van der Waals surface area contributed by atoms with Crippen LogP contribution in [-0.4, -0.2) is 60.2 Å². The van der Waals surface area contributed by atoms with E-state index in [2.05, 4.69) is 15.9 Å². The summed E-state index contributed by atoms with van der Waals surface area (Å²) in [6, 6.07) is 0.110. The van der Waals surface area contributed by atoms with Crippen molar-refractivity contribution in [1.29, 1.82) is 0 Å². The van der Waals surface area contributed by atoms with E-state index in [1.54, 1.807) is 8.61 Å². The smallest absolute Gasteiger partial charge is 0.282 e. The number of ether oxygens (including phenoxy) is 1. The van der Waals surface area contributed by atoms with E-state index in [0.29, 0.717) is 25.0 Å². The first-order chi connectivity index (χ1) is 8.95. The largest absolute Gasteiger partial charge is 0.372 e. The molecule has 0 bridgehead atoms. The lowest BCUT2D eigenvalue weighted by molar-refractivity contribution is -0.0430. The highest BCUT2D eigenvalue weighted by Gasteiger charge is 2.38. The van der Waals surface area contributed by atoms with Crippen molar-refractivity contribution < 1.29 is 13.2 Å². The topological polar surface area (TPSA) is 49.9 Å². The number of halogens is 1. The summed E-state index contributed by atoms with van der Waals surface area (Å²) in [5.74, 6) is 0. The molecule has 19 heavy (non-hydrogen) atoms. The number of rotatable bonds is 3. The van der Waals surface area contributed by atoms with Crippen LogP contribution in [0.3, 0.4) is 0 Å². The van der Waals surface area contributed by atoms with Crippen molar-refractivity contribution in [2.75, 3.05) is 25.0 Å². The van der Waals surface area contributed by atoms with Gasteiger partial charge in [-0.1, -0.05) is 22.4 Å². The van der Waals surface area contributed by atoms with Crippen molar-refractivity contribution in [2.45, 2.75) is 51.4 Å². The summed E-state index contributed by atoms with van der Waals surface area (Å²) in [4.78, 5) is 0. The quantitative estimate of drug-likeness (QED) is 0.723. The van der Waals surface area contributed by atoms with Gasteiger partial charge in [0, 0.05) is 31.0 Å². The molecule has 2 rings (SSSR count). The maximum absolute atomic E-state index is 12.7. The summed E-state index contributed by atoms with van der Waals surface area (Å²) in [7, 11) is -3.34. The molecule has 2 saturated heterocycles. The van der Waals surface area contributed by atoms with Gasteiger partial charge >= 0.3 is 0 Å². The van der Waals surface area contributed by atoms with Crippen LogP contribution in [0.15, 0.2) is 0 Å². The van der Waals surface area contributed by atoms with Crippen LogP contribution in [-0.2, 0) is 14.9 Å². The molecule has 3 unspecified atom stereocenters. The molecule has 112 valence electrons. The first kappa shape index (κ1) is 15.7. The van der Waals surface area contributed by atoms with E-state index in [9.17, 15) is 8.42 Å². The van der Waals surface area contributed by atoms with Crippen molar-refractivity contribution in [2.24, 2.45) is 0 Å². The zero-order valence-electron chi connectivity index (χ0n) is 11.6. The third-order valence-electron chi connectivity index (χ3n) is 3.83. The average Bonchev–Trinajstić information content (AvgIpc) is 2.38. The summed E-state index contributed by atoms with van der Waals surface area (Å²) in [5.41, 5.74) is 0. The van der Waals surface area contributed by atoms with Crippen molar-refractivity contribution >= 4 is 26.1 Å². The molecule has 3 atom stereocenters. The Morgan fingerprint density at radius 2 is 2.00 bits per heavy atom. The summed E-state index contributed by atoms with van der Waals surface area (Å²) in [6.07, 6.45) is 2.94. The zero-order valence-corrected chi connectivity index (χ0v) is 14.0. The molecule has 0 aliphatic carbocycles. The summed E-state index contributed by atoms with van der Waals surface area (Å²) >= 11 is 3.38. The number of alkyl halides is 1. The normalized spacial score (nSPS) is 35.4. The molecule has 0 aromatic heterocycles. The average molecular weight is 355 g/mol. The summed E-state index contributed by atoms with van der Waals surface area (Å²) in [5, 5.41) is 0.666. The third-order valence-corrected chi connectivity index (χ3v) is 6.64. The van der Waals surface area contributed by atoms with E-state index in [-0.39, 0.29) is 18.2 Å². The Kier molecular flexibility index (Phi) is 5.28. The number of hydrogen-bond acceptors (Lipinski definition) is 3. The lowest BCUT2D eigenvalue weighted by atomic mass is 10.1. The Morgan fingerprint density at radius 1 is 1.26 bits per heavy atom. The Labute approximate surface area is 124 Å². The Balaban J connectivity index is 2.13. The molecule has 0 N–H and O–H groups in total. The first-order valence-electron chi connectivity index (χ1n) is 6.93. The van der Waals surface area contributed by atoms with Crippen LogP contribution >= 0.6 is 15.9 Å². The van der Waals surface area contributed by atoms with Gasteiger partial charge in [0.1, 0.15) is 0 Å². The third kappa shape index (κ3) is 3.50. The molecule has 0 radical (unpaired) electrons. The van der Waals surface area contributed by atoms with Crippen molar-refractivity contribution in [3.63, 3.8) is 0 Å². The molecule has 5 nitrogen and oxygen atoms in total. The summed E-state index contributed by atoms with van der Waals surface area (Å²) in [6.45, 7) is 5.48. The van der Waals surface area contributed by atoms with Gasteiger partial charge < -0.3 is 4.74 Å². The standard InChI is InChI=1S/C12H23BrN2O3S/c1-10-5-3-4-6-15(10)19(16,17)14-8-11(2)18-12(7-13)9-14/h10-12H,3-9H2,1-2H3. The van der Waals surface area contributed by atoms with Gasteiger partial charge in [-0.2, -0.15) is 17.0 Å². The fourth-order valence-corrected chi connectivity index (χ4v) is 5.17. The molecule has 2 aliphatic rings. The molecule has 2 aliphatic heterocycles. The molecular formula is C12H23BrN2O3S. The van der Waals surface area contributed by atoms with Gasteiger partial charge in [0.15, 0.2) is 0 Å². The molecular weight excluding hydrogens is 332 g/mol. The Hall–Kier alpha value is 0.310. The van der Waals surface area contributed by atoms with E-state index in [0.717, 1.165) is 19.3 Å². The van der Waals surface area contributed by atoms with Gasteiger partial charge in [0.05, 0.1) is 12.2 Å². The fourth-order valence-electron chi connectivity index (χ4n) is 2.84. The predicted octanol–water partition coefficient (Wildman–Crippen LogP) is 1.59. The van der Waals surface area contributed by atoms with Gasteiger partial charge in [-0.05, 0) is 26.7 Å². The maximum atomic E-state index is 12.7. The minimum atomic E-state index is -3.34. The highest BCUT2D eigenvalue weighted by Crippen LogP contribution is 2.25. The number of hydrogen-bond donors (Lipinski definition) is 0. The van der Waals surface area contributed by atoms with Gasteiger partial charge in [0.2, 0.25) is 0 Å². The predicted molar refractivity (Wildman–Crippen MR) is 78.6 cm³/mol. The molecule has 0 aromatic carbocycles. The van der Waals surface area contributed by atoms with Gasteiger partial charge in [0.25, 0.3) is 10.2 Å². The van der Waals surface area contributed by atoms with Crippen LogP contribution < -0.4 is 0 Å². The highest BCUT2D eigenvalue weighted by molar-refractivity contribution is 9.09. The van der Waals surface area contributed by atoms with E-state index < -0.39 is 10.2 Å². The molecule has 2 fully saturated rings. The summed E-state index contributed by atoms with van der Waals surface area (Å²) < 4.78 is 34.4. The maximum Gasteiger partial charge on any atom is 0.282 e. The van der Waals surface area contributed by atoms with Crippen molar-refractivity contribution in [1.82, 2.24) is 8.61 Å². The van der Waals surface area contributed by atoms with Crippen molar-refractivity contribution in [3.05, 3.63) is 0 Å². The SMILES string of the molecule is CC1CN(S(=O)(=O)N2CCCCC2C)CC(CBr)O1. The lowest BCUT2D eigenvalue weighted by Gasteiger charge is -2.41. The molecule has 0 spiro atoms. The second kappa shape index (κ2) is 6.39. The van der Waals surface area contributed by atoms with Crippen LogP contribution in [0.5, 0.6) is 0 Å². The van der Waals surface area contributed by atoms with Crippen LogP contribution in [0.25, 0.3) is 0 Å². The minimum absolute atomic E-state index is 0.0498. The molecule has 0 saturated carbocycles. The number of nitrogens with zero attached hydrogens (tertiary/aromatic N) is 2. The molecule has 7 heteroatoms. The van der Waals surface area contributed by atoms with Crippen LogP contribution in [0.2, 0.25) is 0 Å². The Morgan fingerprint density at radius 3 is 2.63 bits per heavy atom. The van der Waals surface area contributed by atoms with Crippen LogP contribution in [0.4, 0.5) is 0 Å². The second-order valence-electron chi connectivity index (χ2n) is 5.50. The van der Waals surface area contributed by atoms with E-state index in [1.165, 1.54) is 0 Å². The molecule has 2 heterocycles. The zero-order chi connectivity index (χ0) is 14.0. The molecule has 0 amide bonds. The van der Waals surface area contributed by atoms with Gasteiger partial charge in [-0.25, -0.2) is 0 Å². The van der Waals surface area contributed by atoms with Crippen LogP contribution in [0, 0.1) is 0 Å². The minimum Gasteiger partial charge on any atom is -0.372 e. The highest BCUT2D eigenvalue weighted by atomic mass is 79.9. The Bertz CT molecular complexity index is 404. The van der Waals surface area contributed by atoms with Gasteiger partial charge in [-0.15, -0.1) is 0 Å². The van der Waals surface area contributed by atoms with Crippen molar-refractivity contribution in [3.8, 4) is 0 Å². The molecule has 0 aromatic rings. The second-order valence-corrected chi connectivity index (χ2v) is 8.03. The van der Waals surface area contributed by atoms with E-state index in [4.69, 9.17) is 4.74 Å². The van der Waals surface area contributed by atoms with Crippen LogP contribution in [0.1, 0.15) is 33.1 Å². The van der Waals surface area contributed by atoms with Gasteiger partial charge in [-0.3, -0.25) is 0 Å². The van der Waals surface area contributed by atoms with E-state index in [1.807, 2.05) is 13.8 Å². The fraction of sp³-hybridized carbons (Fsp3) is 1.00. The monoisotopic (exact) mass is 354 g/mol. The number of morpholine rings is 1.